The molecule has 0 saturated carbocycles. The quantitative estimate of drug-likeness (QED) is 0.396. The van der Waals surface area contributed by atoms with Crippen molar-refractivity contribution in [2.75, 3.05) is 6.54 Å². The standard InChI is InChI=1S/C28H30FN3O/c1-18(2)17-30-28(33)27(22-8-6-5-7-9-22)32-25-15-20(4)19(3)14-24(25)31-26(32)16-21-10-12-23(29)13-11-21/h5-15,18,27H,16-17H2,1-4H3,(H,30,33). The molecule has 4 aromatic rings. The number of halogens is 1. The molecule has 1 N–H and O–H groups in total. The van der Waals surface area contributed by atoms with E-state index in [1.165, 1.54) is 12.1 Å². The van der Waals surface area contributed by atoms with Gasteiger partial charge in [-0.3, -0.25) is 4.79 Å². The summed E-state index contributed by atoms with van der Waals surface area (Å²) in [6, 6.07) is 19.9. The molecule has 170 valence electrons. The Labute approximate surface area is 194 Å². The van der Waals surface area contributed by atoms with E-state index in [4.69, 9.17) is 4.98 Å². The van der Waals surface area contributed by atoms with Crippen molar-refractivity contribution in [3.05, 3.63) is 101 Å². The van der Waals surface area contributed by atoms with E-state index in [0.29, 0.717) is 18.9 Å². The summed E-state index contributed by atoms with van der Waals surface area (Å²) in [6.07, 6.45) is 0.494. The molecule has 1 amide bonds. The van der Waals surface area contributed by atoms with Crippen LogP contribution in [0.2, 0.25) is 0 Å². The summed E-state index contributed by atoms with van der Waals surface area (Å²) in [6.45, 7) is 8.90. The first-order valence-electron chi connectivity index (χ1n) is 11.4. The van der Waals surface area contributed by atoms with Crippen molar-refractivity contribution in [3.63, 3.8) is 0 Å². The van der Waals surface area contributed by atoms with E-state index in [-0.39, 0.29) is 11.7 Å². The normalized spacial score (nSPS) is 12.3. The number of hydrogen-bond donors (Lipinski definition) is 1. The fraction of sp³-hybridized carbons (Fsp3) is 0.286. The summed E-state index contributed by atoms with van der Waals surface area (Å²) in [4.78, 5) is 18.5. The van der Waals surface area contributed by atoms with E-state index in [0.717, 1.165) is 39.1 Å². The lowest BCUT2D eigenvalue weighted by atomic mass is 10.0. The van der Waals surface area contributed by atoms with Gasteiger partial charge in [0, 0.05) is 13.0 Å². The van der Waals surface area contributed by atoms with Crippen molar-refractivity contribution < 1.29 is 9.18 Å². The van der Waals surface area contributed by atoms with Gasteiger partial charge in [0.25, 0.3) is 0 Å². The number of nitrogens with zero attached hydrogens (tertiary/aromatic N) is 2. The number of benzene rings is 3. The highest BCUT2D eigenvalue weighted by Crippen LogP contribution is 2.30. The van der Waals surface area contributed by atoms with E-state index in [9.17, 15) is 9.18 Å². The van der Waals surface area contributed by atoms with Crippen molar-refractivity contribution >= 4 is 16.9 Å². The number of hydrogen-bond acceptors (Lipinski definition) is 2. The minimum atomic E-state index is -0.562. The summed E-state index contributed by atoms with van der Waals surface area (Å²) in [5.41, 5.74) is 5.91. The first-order valence-corrected chi connectivity index (χ1v) is 11.4. The monoisotopic (exact) mass is 443 g/mol. The molecule has 0 aliphatic heterocycles. The van der Waals surface area contributed by atoms with Gasteiger partial charge in [-0.15, -0.1) is 0 Å². The second-order valence-electron chi connectivity index (χ2n) is 9.08. The van der Waals surface area contributed by atoms with Crippen LogP contribution in [0.3, 0.4) is 0 Å². The van der Waals surface area contributed by atoms with Gasteiger partial charge in [-0.25, -0.2) is 9.37 Å². The van der Waals surface area contributed by atoms with Gasteiger partial charge in [0.1, 0.15) is 17.7 Å². The Balaban J connectivity index is 1.90. The highest BCUT2D eigenvalue weighted by molar-refractivity contribution is 5.87. The van der Waals surface area contributed by atoms with Gasteiger partial charge < -0.3 is 9.88 Å². The number of aryl methyl sites for hydroxylation is 2. The zero-order valence-corrected chi connectivity index (χ0v) is 19.6. The molecule has 1 heterocycles. The molecular weight excluding hydrogens is 413 g/mol. The molecule has 4 nitrogen and oxygen atoms in total. The number of carbonyl (C=O) groups is 1. The largest absolute Gasteiger partial charge is 0.354 e. The molecule has 0 bridgehead atoms. The number of rotatable bonds is 7. The molecule has 5 heteroatoms. The Kier molecular flexibility index (Phi) is 6.59. The van der Waals surface area contributed by atoms with Crippen molar-refractivity contribution in [3.8, 4) is 0 Å². The Morgan fingerprint density at radius 1 is 1.00 bits per heavy atom. The Hall–Kier alpha value is -3.47. The molecule has 1 aromatic heterocycles. The zero-order chi connectivity index (χ0) is 23.5. The number of imidazole rings is 1. The van der Waals surface area contributed by atoms with Crippen LogP contribution < -0.4 is 5.32 Å². The average molecular weight is 444 g/mol. The minimum Gasteiger partial charge on any atom is -0.354 e. The molecule has 0 fully saturated rings. The highest BCUT2D eigenvalue weighted by atomic mass is 19.1. The molecule has 0 aliphatic carbocycles. The topological polar surface area (TPSA) is 46.9 Å². The van der Waals surface area contributed by atoms with Crippen LogP contribution >= 0.6 is 0 Å². The number of nitrogens with one attached hydrogen (secondary N) is 1. The van der Waals surface area contributed by atoms with E-state index in [1.54, 1.807) is 12.1 Å². The molecule has 33 heavy (non-hydrogen) atoms. The second-order valence-corrected chi connectivity index (χ2v) is 9.08. The van der Waals surface area contributed by atoms with Gasteiger partial charge in [-0.1, -0.05) is 56.3 Å². The van der Waals surface area contributed by atoms with Crippen LogP contribution in [0.15, 0.2) is 66.7 Å². The fourth-order valence-electron chi connectivity index (χ4n) is 4.05. The van der Waals surface area contributed by atoms with E-state index in [2.05, 4.69) is 49.7 Å². The summed E-state index contributed by atoms with van der Waals surface area (Å²) in [5.74, 6) is 0.783. The van der Waals surface area contributed by atoms with Gasteiger partial charge in [-0.2, -0.15) is 0 Å². The lowest BCUT2D eigenvalue weighted by Crippen LogP contribution is -2.36. The third-order valence-electron chi connectivity index (χ3n) is 5.96. The Morgan fingerprint density at radius 2 is 1.67 bits per heavy atom. The van der Waals surface area contributed by atoms with E-state index >= 15 is 0 Å². The lowest BCUT2D eigenvalue weighted by molar-refractivity contribution is -0.123. The summed E-state index contributed by atoms with van der Waals surface area (Å²) in [7, 11) is 0. The van der Waals surface area contributed by atoms with Crippen LogP contribution in [0.4, 0.5) is 4.39 Å². The van der Waals surface area contributed by atoms with Gasteiger partial charge in [0.05, 0.1) is 11.0 Å². The molecule has 0 spiro atoms. The van der Waals surface area contributed by atoms with Crippen molar-refractivity contribution in [2.45, 2.75) is 40.2 Å². The fourth-order valence-corrected chi connectivity index (χ4v) is 4.05. The first-order chi connectivity index (χ1) is 15.8. The van der Waals surface area contributed by atoms with Crippen molar-refractivity contribution in [2.24, 2.45) is 5.92 Å². The zero-order valence-electron chi connectivity index (χ0n) is 19.6. The SMILES string of the molecule is Cc1cc2nc(Cc3ccc(F)cc3)n(C(C(=O)NCC(C)C)c3ccccc3)c2cc1C. The van der Waals surface area contributed by atoms with Crippen LogP contribution in [-0.2, 0) is 11.2 Å². The molecular formula is C28H30FN3O. The molecule has 3 aromatic carbocycles. The molecule has 0 aliphatic rings. The van der Waals surface area contributed by atoms with Gasteiger partial charge in [0.2, 0.25) is 5.91 Å². The number of aromatic nitrogens is 2. The van der Waals surface area contributed by atoms with E-state index in [1.807, 2.05) is 30.3 Å². The number of carbonyl (C=O) groups excluding carboxylic acids is 1. The molecule has 0 saturated heterocycles. The average Bonchev–Trinajstić information content (AvgIpc) is 3.11. The van der Waals surface area contributed by atoms with Crippen LogP contribution in [0.5, 0.6) is 0 Å². The maximum Gasteiger partial charge on any atom is 0.247 e. The Morgan fingerprint density at radius 3 is 2.33 bits per heavy atom. The molecule has 1 unspecified atom stereocenters. The minimum absolute atomic E-state index is 0.0622. The van der Waals surface area contributed by atoms with Crippen LogP contribution in [0, 0.1) is 25.6 Å². The van der Waals surface area contributed by atoms with Crippen LogP contribution in [-0.4, -0.2) is 22.0 Å². The summed E-state index contributed by atoms with van der Waals surface area (Å²) >= 11 is 0. The third kappa shape index (κ3) is 4.98. The molecule has 1 atom stereocenters. The number of amides is 1. The third-order valence-corrected chi connectivity index (χ3v) is 5.96. The van der Waals surface area contributed by atoms with Crippen LogP contribution in [0.25, 0.3) is 11.0 Å². The van der Waals surface area contributed by atoms with Crippen LogP contribution in [0.1, 0.15) is 48.0 Å². The van der Waals surface area contributed by atoms with Gasteiger partial charge in [0.15, 0.2) is 0 Å². The smallest absolute Gasteiger partial charge is 0.247 e. The first kappa shape index (κ1) is 22.7. The summed E-state index contributed by atoms with van der Waals surface area (Å²) < 4.78 is 15.5. The van der Waals surface area contributed by atoms with Crippen molar-refractivity contribution in [1.82, 2.24) is 14.9 Å². The number of fused-ring (bicyclic) bond motifs is 1. The van der Waals surface area contributed by atoms with Gasteiger partial charge in [-0.05, 0) is 66.3 Å². The highest BCUT2D eigenvalue weighted by Gasteiger charge is 2.27. The second kappa shape index (κ2) is 9.57. The molecule has 4 rings (SSSR count). The predicted molar refractivity (Wildman–Crippen MR) is 131 cm³/mol. The van der Waals surface area contributed by atoms with Gasteiger partial charge >= 0.3 is 0 Å². The van der Waals surface area contributed by atoms with Crippen molar-refractivity contribution in [1.29, 1.82) is 0 Å². The lowest BCUT2D eigenvalue weighted by Gasteiger charge is -2.23. The van der Waals surface area contributed by atoms with E-state index < -0.39 is 6.04 Å². The molecule has 0 radical (unpaired) electrons. The Bertz CT molecular complexity index is 1260. The summed E-state index contributed by atoms with van der Waals surface area (Å²) in [5, 5.41) is 3.12. The predicted octanol–water partition coefficient (Wildman–Crippen LogP) is 5.74. The maximum atomic E-state index is 13.6. The maximum absolute atomic E-state index is 13.6.